The van der Waals surface area contributed by atoms with Gasteiger partial charge in [0.15, 0.2) is 5.82 Å². The van der Waals surface area contributed by atoms with E-state index in [4.69, 9.17) is 10.7 Å². The van der Waals surface area contributed by atoms with Gasteiger partial charge in [0.25, 0.3) is 0 Å². The molecule has 0 bridgehead atoms. The van der Waals surface area contributed by atoms with E-state index in [1.54, 1.807) is 20.3 Å². The number of aromatic nitrogens is 2. The molecule has 1 unspecified atom stereocenters. The third-order valence-corrected chi connectivity index (χ3v) is 7.93. The van der Waals surface area contributed by atoms with Crippen molar-refractivity contribution in [3.63, 3.8) is 0 Å². The number of likely N-dealkylation sites (tertiary alicyclic amines) is 1. The van der Waals surface area contributed by atoms with Crippen LogP contribution in [-0.2, 0) is 4.79 Å². The molecule has 3 aliphatic rings. The Balaban J connectivity index is 1.24. The van der Waals surface area contributed by atoms with Crippen LogP contribution in [0.1, 0.15) is 61.9 Å². The summed E-state index contributed by atoms with van der Waals surface area (Å²) in [6.07, 6.45) is 6.23. The molecule has 3 amide bonds. The molecular weight excluding hydrogens is 496 g/mol. The minimum absolute atomic E-state index is 0.0119. The number of benzene rings is 1. The summed E-state index contributed by atoms with van der Waals surface area (Å²) < 4.78 is 0. The molecule has 1 aromatic heterocycles. The predicted molar refractivity (Wildman–Crippen MR) is 150 cm³/mol. The van der Waals surface area contributed by atoms with E-state index >= 15 is 0 Å². The quantitative estimate of drug-likeness (QED) is 0.396. The number of rotatable bonds is 7. The van der Waals surface area contributed by atoms with Gasteiger partial charge in [-0.1, -0.05) is 12.1 Å². The molecule has 2 atom stereocenters. The number of nitrogens with one attached hydrogen (secondary N) is 2. The molecule has 1 aliphatic carbocycles. The van der Waals surface area contributed by atoms with Gasteiger partial charge in [-0.05, 0) is 62.1 Å². The normalized spacial score (nSPS) is 20.9. The standard InChI is InChI=1S/C28H40N8O3/c1-34(2)28(39)32-22-4-3-13-36(17-22)23-16-30-24(25(29)37)26(33-23)31-21-9-7-18(8-10-21)19-11-14-35(15-12-19)27(38)20-5-6-20/h7-10,16,19-20,22,25,37H,3-6,11-15,17,29H2,1-2H3,(H,31,33)(H,32,39)/t22-,25?/m1/s1. The molecule has 1 saturated carbocycles. The van der Waals surface area contributed by atoms with Crippen molar-refractivity contribution in [3.05, 3.63) is 41.7 Å². The number of aliphatic hydroxyl groups is 1. The number of piperidine rings is 2. The summed E-state index contributed by atoms with van der Waals surface area (Å²) in [5.74, 6) is 2.13. The van der Waals surface area contributed by atoms with Crippen LogP contribution >= 0.6 is 0 Å². The summed E-state index contributed by atoms with van der Waals surface area (Å²) in [5, 5.41) is 16.5. The Morgan fingerprint density at radius 1 is 1.08 bits per heavy atom. The highest BCUT2D eigenvalue weighted by Gasteiger charge is 2.35. The molecule has 5 rings (SSSR count). The maximum absolute atomic E-state index is 12.4. The second-order valence-electron chi connectivity index (χ2n) is 11.2. The first-order valence-corrected chi connectivity index (χ1v) is 14.0. The van der Waals surface area contributed by atoms with Crippen molar-refractivity contribution in [1.82, 2.24) is 25.1 Å². The average Bonchev–Trinajstić information content (AvgIpc) is 3.79. The number of anilines is 3. The van der Waals surface area contributed by atoms with Crippen molar-refractivity contribution in [2.45, 2.75) is 56.7 Å². The van der Waals surface area contributed by atoms with Gasteiger partial charge in [0.05, 0.1) is 6.20 Å². The van der Waals surface area contributed by atoms with Crippen molar-refractivity contribution in [3.8, 4) is 0 Å². The molecular formula is C28H40N8O3. The Kier molecular flexibility index (Phi) is 8.18. The average molecular weight is 537 g/mol. The Labute approximate surface area is 229 Å². The van der Waals surface area contributed by atoms with Crippen molar-refractivity contribution in [1.29, 1.82) is 0 Å². The number of hydrogen-bond acceptors (Lipinski definition) is 8. The first kappa shape index (κ1) is 27.1. The number of urea groups is 1. The van der Waals surface area contributed by atoms with E-state index in [0.29, 0.717) is 30.0 Å². The van der Waals surface area contributed by atoms with Crippen LogP contribution < -0.4 is 21.3 Å². The zero-order chi connectivity index (χ0) is 27.5. The molecule has 2 aromatic rings. The largest absolute Gasteiger partial charge is 0.373 e. The Morgan fingerprint density at radius 3 is 2.44 bits per heavy atom. The number of hydrogen-bond donors (Lipinski definition) is 4. The van der Waals surface area contributed by atoms with Crippen molar-refractivity contribution >= 4 is 29.3 Å². The zero-order valence-corrected chi connectivity index (χ0v) is 22.8. The lowest BCUT2D eigenvalue weighted by molar-refractivity contribution is -0.133. The molecule has 0 radical (unpaired) electrons. The zero-order valence-electron chi connectivity index (χ0n) is 22.8. The second-order valence-corrected chi connectivity index (χ2v) is 11.2. The summed E-state index contributed by atoms with van der Waals surface area (Å²) >= 11 is 0. The summed E-state index contributed by atoms with van der Waals surface area (Å²) in [4.78, 5) is 39.3. The predicted octanol–water partition coefficient (Wildman–Crippen LogP) is 2.53. The van der Waals surface area contributed by atoms with Crippen LogP contribution in [0.4, 0.5) is 22.1 Å². The van der Waals surface area contributed by atoms with Crippen molar-refractivity contribution in [2.24, 2.45) is 11.7 Å². The van der Waals surface area contributed by atoms with E-state index in [1.807, 2.05) is 17.0 Å². The monoisotopic (exact) mass is 536 g/mol. The lowest BCUT2D eigenvalue weighted by atomic mass is 9.89. The van der Waals surface area contributed by atoms with Gasteiger partial charge >= 0.3 is 6.03 Å². The van der Waals surface area contributed by atoms with Crippen LogP contribution in [0, 0.1) is 5.92 Å². The van der Waals surface area contributed by atoms with Gasteiger partial charge < -0.3 is 36.2 Å². The molecule has 11 nitrogen and oxygen atoms in total. The Hall–Kier alpha value is -3.44. The van der Waals surface area contributed by atoms with Gasteiger partial charge in [-0.3, -0.25) is 4.79 Å². The molecule has 0 spiro atoms. The van der Waals surface area contributed by atoms with Crippen LogP contribution in [0.3, 0.4) is 0 Å². The minimum Gasteiger partial charge on any atom is -0.373 e. The number of nitrogens with zero attached hydrogens (tertiary/aromatic N) is 5. The maximum Gasteiger partial charge on any atom is 0.317 e. The number of carbonyl (C=O) groups excluding carboxylic acids is 2. The molecule has 11 heteroatoms. The van der Waals surface area contributed by atoms with Crippen LogP contribution in [0.15, 0.2) is 30.5 Å². The third kappa shape index (κ3) is 6.59. The van der Waals surface area contributed by atoms with Gasteiger partial charge in [-0.15, -0.1) is 0 Å². The van der Waals surface area contributed by atoms with Crippen molar-refractivity contribution in [2.75, 3.05) is 50.5 Å². The van der Waals surface area contributed by atoms with Crippen LogP contribution in [-0.4, -0.2) is 83.1 Å². The fourth-order valence-electron chi connectivity index (χ4n) is 5.45. The highest BCUT2D eigenvalue weighted by molar-refractivity contribution is 5.81. The van der Waals surface area contributed by atoms with Gasteiger partial charge in [-0.25, -0.2) is 14.8 Å². The minimum atomic E-state index is -1.27. The SMILES string of the molecule is CN(C)C(=O)N[C@@H]1CCCN(c2cnc(C(N)O)c(Nc3ccc(C4CCN(C(=O)C5CC5)CC4)cc3)n2)C1. The molecule has 210 valence electrons. The summed E-state index contributed by atoms with van der Waals surface area (Å²) in [5.41, 5.74) is 8.15. The molecule has 3 fully saturated rings. The fourth-order valence-corrected chi connectivity index (χ4v) is 5.45. The highest BCUT2D eigenvalue weighted by Crippen LogP contribution is 2.35. The maximum atomic E-state index is 12.4. The first-order valence-electron chi connectivity index (χ1n) is 14.0. The molecule has 1 aromatic carbocycles. The van der Waals surface area contributed by atoms with Crippen LogP contribution in [0.5, 0.6) is 0 Å². The highest BCUT2D eigenvalue weighted by atomic mass is 16.3. The summed E-state index contributed by atoms with van der Waals surface area (Å²) in [7, 11) is 3.45. The van der Waals surface area contributed by atoms with Gasteiger partial charge in [0.2, 0.25) is 5.91 Å². The first-order chi connectivity index (χ1) is 18.8. The van der Waals surface area contributed by atoms with E-state index in [0.717, 1.165) is 63.8 Å². The molecule has 2 saturated heterocycles. The van der Waals surface area contributed by atoms with Crippen molar-refractivity contribution < 1.29 is 14.7 Å². The van der Waals surface area contributed by atoms with E-state index in [-0.39, 0.29) is 23.7 Å². The summed E-state index contributed by atoms with van der Waals surface area (Å²) in [6.45, 7) is 3.08. The van der Waals surface area contributed by atoms with E-state index in [2.05, 4.69) is 32.7 Å². The molecule has 2 aliphatic heterocycles. The molecule has 39 heavy (non-hydrogen) atoms. The van der Waals surface area contributed by atoms with E-state index < -0.39 is 6.23 Å². The van der Waals surface area contributed by atoms with E-state index in [1.165, 1.54) is 10.5 Å². The smallest absolute Gasteiger partial charge is 0.317 e. The lowest BCUT2D eigenvalue weighted by Gasteiger charge is -2.34. The number of nitrogens with two attached hydrogens (primary N) is 1. The number of aliphatic hydroxyl groups excluding tert-OH is 1. The fraction of sp³-hybridized carbons (Fsp3) is 0.571. The third-order valence-electron chi connectivity index (χ3n) is 7.93. The van der Waals surface area contributed by atoms with Gasteiger partial charge in [0, 0.05) is 57.9 Å². The second kappa shape index (κ2) is 11.7. The molecule has 5 N–H and O–H groups in total. The van der Waals surface area contributed by atoms with Crippen LogP contribution in [0.25, 0.3) is 0 Å². The van der Waals surface area contributed by atoms with Gasteiger partial charge in [-0.2, -0.15) is 0 Å². The van der Waals surface area contributed by atoms with Gasteiger partial charge in [0.1, 0.15) is 17.7 Å². The van der Waals surface area contributed by atoms with Crippen LogP contribution in [0.2, 0.25) is 0 Å². The van der Waals surface area contributed by atoms with E-state index in [9.17, 15) is 14.7 Å². The Bertz CT molecular complexity index is 1160. The Morgan fingerprint density at radius 2 is 1.79 bits per heavy atom. The number of amides is 3. The topological polar surface area (TPSA) is 140 Å². The number of carbonyl (C=O) groups is 2. The summed E-state index contributed by atoms with van der Waals surface area (Å²) in [6, 6.07) is 8.14. The molecule has 3 heterocycles. The lowest BCUT2D eigenvalue weighted by Crippen LogP contribution is -2.50.